The molecule has 1 saturated heterocycles. The number of aromatic nitrogens is 1. The topological polar surface area (TPSA) is 169 Å². The number of amides is 3. The van der Waals surface area contributed by atoms with Crippen molar-refractivity contribution < 1.29 is 28.2 Å². The predicted molar refractivity (Wildman–Crippen MR) is 187 cm³/mol. The Hall–Kier alpha value is -3.27. The van der Waals surface area contributed by atoms with E-state index in [0.717, 1.165) is 5.56 Å². The summed E-state index contributed by atoms with van der Waals surface area (Å²) in [6, 6.07) is 11.3. The fourth-order valence-electron chi connectivity index (χ4n) is 5.76. The number of sulfonamides is 1. The summed E-state index contributed by atoms with van der Waals surface area (Å²) in [5.41, 5.74) is 7.54. The summed E-state index contributed by atoms with van der Waals surface area (Å²) in [4.78, 5) is 35.0. The van der Waals surface area contributed by atoms with Gasteiger partial charge >= 0.3 is 6.03 Å². The highest BCUT2D eigenvalue weighted by Gasteiger charge is 2.40. The van der Waals surface area contributed by atoms with Crippen LogP contribution in [0.5, 0.6) is 0 Å². The summed E-state index contributed by atoms with van der Waals surface area (Å²) in [6.07, 6.45) is -1.09. The number of rotatable bonds is 16. The van der Waals surface area contributed by atoms with Crippen LogP contribution in [0.1, 0.15) is 44.0 Å². The predicted octanol–water partition coefficient (Wildman–Crippen LogP) is 3.57. The van der Waals surface area contributed by atoms with Crippen LogP contribution in [-0.2, 0) is 34.4 Å². The van der Waals surface area contributed by atoms with E-state index < -0.39 is 34.1 Å². The number of halogens is 1. The summed E-state index contributed by atoms with van der Waals surface area (Å²) in [5.74, 6) is -0.787. The molecule has 0 bridgehead atoms. The maximum atomic E-state index is 14.0. The van der Waals surface area contributed by atoms with E-state index in [-0.39, 0.29) is 66.1 Å². The number of carbonyl (C=O) groups excluding carboxylic acids is 2. The molecule has 2 aromatic carbocycles. The lowest BCUT2D eigenvalue weighted by atomic mass is 9.97. The van der Waals surface area contributed by atoms with Gasteiger partial charge in [0.15, 0.2) is 0 Å². The lowest BCUT2D eigenvalue weighted by Crippen LogP contribution is -2.57. The number of thiazole rings is 1. The van der Waals surface area contributed by atoms with Crippen LogP contribution >= 0.6 is 22.9 Å². The number of hydrogen-bond donors (Lipinski definition) is 4. The van der Waals surface area contributed by atoms with Crippen LogP contribution in [0.15, 0.2) is 58.8 Å². The number of nitrogens with zero attached hydrogens (tertiary/aromatic N) is 4. The minimum Gasteiger partial charge on any atom is -0.397 e. The van der Waals surface area contributed by atoms with Crippen molar-refractivity contribution in [2.75, 3.05) is 31.9 Å². The average Bonchev–Trinajstić information content (AvgIpc) is 3.64. The number of carbonyl (C=O) groups is 2. The fraction of sp³-hybridized carbons (Fsp3) is 0.485. The van der Waals surface area contributed by atoms with E-state index in [0.29, 0.717) is 23.8 Å². The zero-order chi connectivity index (χ0) is 35.2. The first kappa shape index (κ1) is 37.5. The third-order valence-electron chi connectivity index (χ3n) is 8.11. The minimum atomic E-state index is -4.10. The number of aliphatic hydroxyl groups excluding tert-OH is 2. The van der Waals surface area contributed by atoms with Crippen molar-refractivity contribution in [3.05, 3.63) is 75.2 Å². The Morgan fingerprint density at radius 3 is 2.44 bits per heavy atom. The molecule has 3 amide bonds. The average molecular weight is 721 g/mol. The van der Waals surface area contributed by atoms with Crippen molar-refractivity contribution in [1.29, 1.82) is 0 Å². The highest BCUT2D eigenvalue weighted by Crippen LogP contribution is 2.26. The molecule has 0 radical (unpaired) electrons. The molecule has 0 spiro atoms. The first-order valence-corrected chi connectivity index (χ1v) is 18.6. The highest BCUT2D eigenvalue weighted by molar-refractivity contribution is 7.89. The third kappa shape index (κ3) is 9.24. The van der Waals surface area contributed by atoms with Crippen LogP contribution in [0.4, 0.5) is 10.5 Å². The van der Waals surface area contributed by atoms with Crippen molar-refractivity contribution in [1.82, 2.24) is 24.4 Å². The molecule has 0 saturated carbocycles. The van der Waals surface area contributed by atoms with Gasteiger partial charge in [-0.15, -0.1) is 11.3 Å². The van der Waals surface area contributed by atoms with Gasteiger partial charge < -0.3 is 31.1 Å². The Labute approximate surface area is 291 Å². The molecular weight excluding hydrogens is 676 g/mol. The van der Waals surface area contributed by atoms with Crippen LogP contribution in [0.3, 0.4) is 0 Å². The monoisotopic (exact) mass is 720 g/mol. The SMILES string of the molecule is CC(C)CN(C[C@@H](O)[C@H](Cc1ccccc1)NC(=O)[C@H](C(C)C)N1CCN(Cc2csc(CO)n2)C1=O)S(=O)(=O)c1ccc(Cl)c(N)c1. The van der Waals surface area contributed by atoms with Gasteiger partial charge in [-0.1, -0.05) is 69.6 Å². The molecule has 0 aliphatic carbocycles. The van der Waals surface area contributed by atoms with Crippen LogP contribution < -0.4 is 11.1 Å². The smallest absolute Gasteiger partial charge is 0.321 e. The van der Waals surface area contributed by atoms with Crippen LogP contribution in [-0.4, -0.2) is 94.0 Å². The van der Waals surface area contributed by atoms with Crippen molar-refractivity contribution in [2.45, 2.75) is 70.4 Å². The molecule has 48 heavy (non-hydrogen) atoms. The number of anilines is 1. The molecule has 3 atom stereocenters. The zero-order valence-corrected chi connectivity index (χ0v) is 30.0. The zero-order valence-electron chi connectivity index (χ0n) is 27.6. The van der Waals surface area contributed by atoms with Gasteiger partial charge in [-0.05, 0) is 42.0 Å². The van der Waals surface area contributed by atoms with Gasteiger partial charge in [0.05, 0.1) is 46.6 Å². The van der Waals surface area contributed by atoms with Gasteiger partial charge in [0, 0.05) is 31.6 Å². The maximum absolute atomic E-state index is 14.0. The lowest BCUT2D eigenvalue weighted by molar-refractivity contribution is -0.128. The van der Waals surface area contributed by atoms with E-state index in [1.165, 1.54) is 38.7 Å². The lowest BCUT2D eigenvalue weighted by Gasteiger charge is -2.34. The largest absolute Gasteiger partial charge is 0.397 e. The van der Waals surface area contributed by atoms with E-state index in [1.807, 2.05) is 58.0 Å². The molecule has 0 unspecified atom stereocenters. The molecule has 262 valence electrons. The molecule has 15 heteroatoms. The van der Waals surface area contributed by atoms with E-state index in [4.69, 9.17) is 17.3 Å². The maximum Gasteiger partial charge on any atom is 0.321 e. The number of hydrogen-bond acceptors (Lipinski definition) is 9. The van der Waals surface area contributed by atoms with Crippen molar-refractivity contribution in [3.63, 3.8) is 0 Å². The normalized spacial score (nSPS) is 15.8. The van der Waals surface area contributed by atoms with E-state index in [2.05, 4.69) is 10.3 Å². The summed E-state index contributed by atoms with van der Waals surface area (Å²) in [7, 11) is -4.10. The van der Waals surface area contributed by atoms with Gasteiger partial charge in [-0.3, -0.25) is 4.79 Å². The van der Waals surface area contributed by atoms with Crippen molar-refractivity contribution in [2.24, 2.45) is 11.8 Å². The standard InChI is InChI=1S/C33H45ClN6O6S2/c1-21(2)16-39(48(45,46)25-10-11-26(34)27(35)15-25)18-29(42)28(14-23-8-6-5-7-9-23)37-32(43)31(22(3)4)40-13-12-38(33(40)44)17-24-20-47-30(19-41)36-24/h5-11,15,20-22,28-29,31,41-42H,12-14,16-19,35H2,1-4H3,(H,37,43)/t28-,29+,31-/m0/s1. The molecule has 4 rings (SSSR count). The Balaban J connectivity index is 1.57. The first-order valence-electron chi connectivity index (χ1n) is 15.9. The second-order valence-electron chi connectivity index (χ2n) is 12.7. The van der Waals surface area contributed by atoms with Crippen LogP contribution in [0.25, 0.3) is 0 Å². The molecule has 12 nitrogen and oxygen atoms in total. The Morgan fingerprint density at radius 1 is 1.12 bits per heavy atom. The Bertz CT molecular complexity index is 1650. The number of aliphatic hydroxyl groups is 2. The molecule has 5 N–H and O–H groups in total. The van der Waals surface area contributed by atoms with Crippen LogP contribution in [0.2, 0.25) is 5.02 Å². The highest BCUT2D eigenvalue weighted by atomic mass is 35.5. The Morgan fingerprint density at radius 2 is 1.83 bits per heavy atom. The van der Waals surface area contributed by atoms with Gasteiger partial charge in [-0.25, -0.2) is 18.2 Å². The first-order chi connectivity index (χ1) is 22.7. The molecule has 1 fully saturated rings. The second-order valence-corrected chi connectivity index (χ2v) is 16.0. The summed E-state index contributed by atoms with van der Waals surface area (Å²) in [6.45, 7) is 8.07. The summed E-state index contributed by atoms with van der Waals surface area (Å²) >= 11 is 7.37. The van der Waals surface area contributed by atoms with Crippen molar-refractivity contribution in [3.8, 4) is 0 Å². The number of nitrogens with one attached hydrogen (secondary N) is 1. The van der Waals surface area contributed by atoms with Gasteiger partial charge in [-0.2, -0.15) is 4.31 Å². The molecule has 1 aromatic heterocycles. The molecule has 1 aliphatic rings. The van der Waals surface area contributed by atoms with E-state index >= 15 is 0 Å². The van der Waals surface area contributed by atoms with Gasteiger partial charge in [0.25, 0.3) is 0 Å². The quantitative estimate of drug-likeness (QED) is 0.163. The summed E-state index contributed by atoms with van der Waals surface area (Å²) < 4.78 is 28.8. The van der Waals surface area contributed by atoms with Crippen molar-refractivity contribution >= 4 is 50.6 Å². The molecular formula is C33H45ClN6O6S2. The van der Waals surface area contributed by atoms with E-state index in [9.17, 15) is 28.2 Å². The third-order valence-corrected chi connectivity index (χ3v) is 11.2. The number of nitrogens with two attached hydrogens (primary N) is 1. The van der Waals surface area contributed by atoms with Gasteiger partial charge in [0.2, 0.25) is 15.9 Å². The molecule has 2 heterocycles. The number of nitrogen functional groups attached to an aromatic ring is 1. The number of benzene rings is 2. The van der Waals surface area contributed by atoms with E-state index in [1.54, 1.807) is 10.3 Å². The second kappa shape index (κ2) is 16.4. The number of urea groups is 1. The fourth-order valence-corrected chi connectivity index (χ4v) is 8.18. The Kier molecular flexibility index (Phi) is 12.8. The molecule has 1 aliphatic heterocycles. The summed E-state index contributed by atoms with van der Waals surface area (Å²) in [5, 5.41) is 26.6. The van der Waals surface area contributed by atoms with Gasteiger partial charge in [0.1, 0.15) is 11.0 Å². The van der Waals surface area contributed by atoms with Crippen LogP contribution in [0, 0.1) is 11.8 Å². The molecule has 3 aromatic rings. The minimum absolute atomic E-state index is 0.0527.